The molecule has 1 aromatic heterocycles. The van der Waals surface area contributed by atoms with Crippen LogP contribution in [-0.2, 0) is 7.05 Å². The summed E-state index contributed by atoms with van der Waals surface area (Å²) in [6, 6.07) is 3.83. The number of carbonyl (C=O) groups is 1. The average molecular weight is 274 g/mol. The van der Waals surface area contributed by atoms with Crippen LogP contribution in [0.3, 0.4) is 0 Å². The van der Waals surface area contributed by atoms with Crippen molar-refractivity contribution < 1.29 is 4.79 Å². The van der Waals surface area contributed by atoms with Gasteiger partial charge in [0.2, 0.25) is 0 Å². The van der Waals surface area contributed by atoms with E-state index in [0.29, 0.717) is 18.2 Å². The van der Waals surface area contributed by atoms with Gasteiger partial charge < -0.3 is 15.6 Å². The molecule has 1 amide bonds. The number of aryl methyl sites for hydroxylation is 1. The Labute approximate surface area is 115 Å². The maximum atomic E-state index is 12.0. The summed E-state index contributed by atoms with van der Waals surface area (Å²) in [4.78, 5) is 12.0. The van der Waals surface area contributed by atoms with Crippen molar-refractivity contribution in [3.63, 3.8) is 0 Å². The van der Waals surface area contributed by atoms with Gasteiger partial charge in [-0.15, -0.1) is 12.4 Å². The SMILES string of the molecule is Cc1ccc(C(=O)NC(CN)CC(C)C)n1C.Cl. The lowest BCUT2D eigenvalue weighted by Gasteiger charge is -2.19. The molecule has 0 saturated carbocycles. The third-order valence-electron chi connectivity index (χ3n) is 2.98. The standard InChI is InChI=1S/C13H23N3O.ClH/c1-9(2)7-11(8-14)15-13(17)12-6-5-10(3)16(12)4;/h5-6,9,11H,7-8,14H2,1-4H3,(H,15,17);1H. The third kappa shape index (κ3) is 4.35. The topological polar surface area (TPSA) is 60.1 Å². The molecule has 0 spiro atoms. The molecule has 0 fully saturated rings. The van der Waals surface area contributed by atoms with E-state index in [1.165, 1.54) is 0 Å². The number of halogens is 1. The molecule has 0 aromatic carbocycles. The van der Waals surface area contributed by atoms with Gasteiger partial charge in [0.1, 0.15) is 5.69 Å². The minimum absolute atomic E-state index is 0. The van der Waals surface area contributed by atoms with Crippen LogP contribution in [0.2, 0.25) is 0 Å². The number of nitrogens with one attached hydrogen (secondary N) is 1. The van der Waals surface area contributed by atoms with E-state index in [0.717, 1.165) is 12.1 Å². The van der Waals surface area contributed by atoms with Crippen molar-refractivity contribution in [3.8, 4) is 0 Å². The molecule has 1 heterocycles. The van der Waals surface area contributed by atoms with Gasteiger partial charge in [0, 0.05) is 25.3 Å². The molecule has 1 atom stereocenters. The zero-order valence-corrected chi connectivity index (χ0v) is 12.4. The van der Waals surface area contributed by atoms with E-state index in [1.807, 2.05) is 30.7 Å². The molecule has 3 N–H and O–H groups in total. The molecule has 0 aliphatic rings. The van der Waals surface area contributed by atoms with Crippen molar-refractivity contribution in [2.45, 2.75) is 33.2 Å². The Morgan fingerprint density at radius 1 is 1.44 bits per heavy atom. The predicted molar refractivity (Wildman–Crippen MR) is 77.2 cm³/mol. The van der Waals surface area contributed by atoms with Crippen LogP contribution in [0.25, 0.3) is 0 Å². The Kier molecular flexibility index (Phi) is 7.02. The average Bonchev–Trinajstić information content (AvgIpc) is 2.58. The van der Waals surface area contributed by atoms with Crippen molar-refractivity contribution in [1.29, 1.82) is 0 Å². The lowest BCUT2D eigenvalue weighted by atomic mass is 10.0. The molecular weight excluding hydrogens is 250 g/mol. The van der Waals surface area contributed by atoms with Crippen LogP contribution in [0, 0.1) is 12.8 Å². The Balaban J connectivity index is 0.00000289. The second-order valence-corrected chi connectivity index (χ2v) is 4.95. The molecule has 0 radical (unpaired) electrons. The van der Waals surface area contributed by atoms with Crippen LogP contribution in [0.1, 0.15) is 36.5 Å². The minimum Gasteiger partial charge on any atom is -0.347 e. The highest BCUT2D eigenvalue weighted by Gasteiger charge is 2.16. The van der Waals surface area contributed by atoms with Crippen molar-refractivity contribution in [3.05, 3.63) is 23.5 Å². The van der Waals surface area contributed by atoms with Gasteiger partial charge in [0.15, 0.2) is 0 Å². The van der Waals surface area contributed by atoms with Gasteiger partial charge in [-0.2, -0.15) is 0 Å². The van der Waals surface area contributed by atoms with Crippen molar-refractivity contribution >= 4 is 18.3 Å². The quantitative estimate of drug-likeness (QED) is 0.860. The maximum absolute atomic E-state index is 12.0. The largest absolute Gasteiger partial charge is 0.347 e. The molecule has 4 nitrogen and oxygen atoms in total. The van der Waals surface area contributed by atoms with Gasteiger partial charge in [-0.25, -0.2) is 0 Å². The fourth-order valence-corrected chi connectivity index (χ4v) is 1.88. The smallest absolute Gasteiger partial charge is 0.268 e. The highest BCUT2D eigenvalue weighted by atomic mass is 35.5. The van der Waals surface area contributed by atoms with E-state index in [1.54, 1.807) is 0 Å². The lowest BCUT2D eigenvalue weighted by Crippen LogP contribution is -2.41. The van der Waals surface area contributed by atoms with Crippen molar-refractivity contribution in [1.82, 2.24) is 9.88 Å². The molecule has 104 valence electrons. The molecule has 1 aromatic rings. The first-order valence-electron chi connectivity index (χ1n) is 6.09. The van der Waals surface area contributed by atoms with E-state index in [9.17, 15) is 4.79 Å². The predicted octanol–water partition coefficient (Wildman–Crippen LogP) is 1.86. The Hall–Kier alpha value is -1.00. The van der Waals surface area contributed by atoms with Gasteiger partial charge in [0.25, 0.3) is 5.91 Å². The monoisotopic (exact) mass is 273 g/mol. The van der Waals surface area contributed by atoms with Crippen LogP contribution in [0.5, 0.6) is 0 Å². The van der Waals surface area contributed by atoms with Gasteiger partial charge in [0.05, 0.1) is 0 Å². The summed E-state index contributed by atoms with van der Waals surface area (Å²) in [7, 11) is 1.89. The summed E-state index contributed by atoms with van der Waals surface area (Å²) in [5.74, 6) is 0.482. The van der Waals surface area contributed by atoms with Gasteiger partial charge in [-0.1, -0.05) is 13.8 Å². The zero-order chi connectivity index (χ0) is 13.0. The molecule has 0 aliphatic carbocycles. The fourth-order valence-electron chi connectivity index (χ4n) is 1.88. The number of rotatable bonds is 5. The molecule has 18 heavy (non-hydrogen) atoms. The van der Waals surface area contributed by atoms with Gasteiger partial charge in [-0.3, -0.25) is 4.79 Å². The van der Waals surface area contributed by atoms with E-state index >= 15 is 0 Å². The van der Waals surface area contributed by atoms with E-state index in [4.69, 9.17) is 5.73 Å². The minimum atomic E-state index is -0.0447. The molecule has 1 unspecified atom stereocenters. The lowest BCUT2D eigenvalue weighted by molar-refractivity contribution is 0.0925. The van der Waals surface area contributed by atoms with Crippen LogP contribution < -0.4 is 11.1 Å². The Bertz CT molecular complexity index is 388. The summed E-state index contributed by atoms with van der Waals surface area (Å²) >= 11 is 0. The first-order chi connectivity index (χ1) is 7.95. The highest BCUT2D eigenvalue weighted by molar-refractivity contribution is 5.93. The third-order valence-corrected chi connectivity index (χ3v) is 2.98. The molecule has 1 rings (SSSR count). The second kappa shape index (κ2) is 7.44. The number of hydrogen-bond donors (Lipinski definition) is 2. The van der Waals surface area contributed by atoms with E-state index < -0.39 is 0 Å². The molecule has 0 saturated heterocycles. The Morgan fingerprint density at radius 2 is 2.06 bits per heavy atom. The first kappa shape index (κ1) is 17.0. The van der Waals surface area contributed by atoms with Crippen LogP contribution in [-0.4, -0.2) is 23.1 Å². The summed E-state index contributed by atoms with van der Waals surface area (Å²) in [5, 5.41) is 2.98. The van der Waals surface area contributed by atoms with Gasteiger partial charge >= 0.3 is 0 Å². The number of hydrogen-bond acceptors (Lipinski definition) is 2. The number of amides is 1. The number of nitrogens with two attached hydrogens (primary N) is 1. The molecule has 0 bridgehead atoms. The van der Waals surface area contributed by atoms with Crippen LogP contribution in [0.15, 0.2) is 12.1 Å². The molecular formula is C13H24ClN3O. The summed E-state index contributed by atoms with van der Waals surface area (Å²) < 4.78 is 1.89. The van der Waals surface area contributed by atoms with Crippen LogP contribution in [0.4, 0.5) is 0 Å². The van der Waals surface area contributed by atoms with Crippen LogP contribution >= 0.6 is 12.4 Å². The van der Waals surface area contributed by atoms with Gasteiger partial charge in [-0.05, 0) is 31.4 Å². The van der Waals surface area contributed by atoms with Crippen molar-refractivity contribution in [2.24, 2.45) is 18.7 Å². The van der Waals surface area contributed by atoms with Crippen molar-refractivity contribution in [2.75, 3.05) is 6.54 Å². The van der Waals surface area contributed by atoms with E-state index in [-0.39, 0.29) is 24.4 Å². The highest BCUT2D eigenvalue weighted by Crippen LogP contribution is 2.08. The number of carbonyl (C=O) groups excluding carboxylic acids is 1. The van der Waals surface area contributed by atoms with E-state index in [2.05, 4.69) is 19.2 Å². The first-order valence-corrected chi connectivity index (χ1v) is 6.09. The zero-order valence-electron chi connectivity index (χ0n) is 11.6. The second-order valence-electron chi connectivity index (χ2n) is 4.95. The summed E-state index contributed by atoms with van der Waals surface area (Å²) in [5.41, 5.74) is 7.43. The normalized spacial score (nSPS) is 12.1. The fraction of sp³-hybridized carbons (Fsp3) is 0.615. The summed E-state index contributed by atoms with van der Waals surface area (Å²) in [6.45, 7) is 6.71. The molecule has 5 heteroatoms. The number of nitrogens with zero attached hydrogens (tertiary/aromatic N) is 1. The summed E-state index contributed by atoms with van der Waals surface area (Å²) in [6.07, 6.45) is 0.908. The number of aromatic nitrogens is 1. The Morgan fingerprint density at radius 3 is 2.44 bits per heavy atom. The maximum Gasteiger partial charge on any atom is 0.268 e. The molecule has 0 aliphatic heterocycles.